The first-order chi connectivity index (χ1) is 12.6. The number of primary amides is 1. The third-order valence-electron chi connectivity index (χ3n) is 4.81. The minimum absolute atomic E-state index is 0.260. The number of guanidine groups is 1. The van der Waals surface area contributed by atoms with Gasteiger partial charge in [0.1, 0.15) is 0 Å². The standard InChI is InChI=1S/C20H27N5O/c1-22-20(24-18-8-10-25(11-9-18)14-19(21)26)23-13-15-6-7-16-4-2-3-5-17(16)12-15/h2-7,12,18H,8-11,13-14H2,1H3,(H2,21,26)(H2,22,23,24). The lowest BCUT2D eigenvalue weighted by molar-refractivity contribution is -0.119. The Labute approximate surface area is 154 Å². The molecule has 2 aromatic carbocycles. The molecule has 1 saturated heterocycles. The summed E-state index contributed by atoms with van der Waals surface area (Å²) in [6.45, 7) is 2.83. The molecule has 0 spiro atoms. The Morgan fingerprint density at radius 2 is 1.92 bits per heavy atom. The van der Waals surface area contributed by atoms with Crippen LogP contribution in [-0.4, -0.2) is 49.5 Å². The zero-order chi connectivity index (χ0) is 18.4. The van der Waals surface area contributed by atoms with Gasteiger partial charge in [-0.25, -0.2) is 0 Å². The molecule has 1 aliphatic heterocycles. The quantitative estimate of drug-likeness (QED) is 0.561. The van der Waals surface area contributed by atoms with Crippen LogP contribution in [0.2, 0.25) is 0 Å². The summed E-state index contributed by atoms with van der Waals surface area (Å²) >= 11 is 0. The number of carbonyl (C=O) groups is 1. The second kappa shape index (κ2) is 8.67. The van der Waals surface area contributed by atoms with Crippen molar-refractivity contribution in [3.05, 3.63) is 48.0 Å². The fourth-order valence-electron chi connectivity index (χ4n) is 3.38. The maximum Gasteiger partial charge on any atom is 0.231 e. The van der Waals surface area contributed by atoms with Crippen LogP contribution in [0.3, 0.4) is 0 Å². The van der Waals surface area contributed by atoms with Crippen molar-refractivity contribution in [2.45, 2.75) is 25.4 Å². The van der Waals surface area contributed by atoms with Crippen molar-refractivity contribution in [2.75, 3.05) is 26.7 Å². The lowest BCUT2D eigenvalue weighted by atomic mass is 10.1. The predicted octanol–water partition coefficient (Wildman–Crippen LogP) is 1.45. The highest BCUT2D eigenvalue weighted by molar-refractivity contribution is 5.83. The molecule has 3 rings (SSSR count). The van der Waals surface area contributed by atoms with Crippen LogP contribution in [0, 0.1) is 0 Å². The van der Waals surface area contributed by atoms with Crippen LogP contribution >= 0.6 is 0 Å². The third-order valence-corrected chi connectivity index (χ3v) is 4.81. The number of hydrogen-bond acceptors (Lipinski definition) is 3. The number of nitrogens with zero attached hydrogens (tertiary/aromatic N) is 2. The second-order valence-corrected chi connectivity index (χ2v) is 6.77. The molecular formula is C20H27N5O. The second-order valence-electron chi connectivity index (χ2n) is 6.77. The summed E-state index contributed by atoms with van der Waals surface area (Å²) in [5.41, 5.74) is 6.49. The summed E-state index contributed by atoms with van der Waals surface area (Å²) in [4.78, 5) is 17.4. The predicted molar refractivity (Wildman–Crippen MR) is 106 cm³/mol. The molecule has 0 aromatic heterocycles. The highest BCUT2D eigenvalue weighted by Crippen LogP contribution is 2.15. The highest BCUT2D eigenvalue weighted by atomic mass is 16.1. The number of nitrogens with two attached hydrogens (primary N) is 1. The van der Waals surface area contributed by atoms with Gasteiger partial charge in [0.25, 0.3) is 0 Å². The molecule has 0 atom stereocenters. The van der Waals surface area contributed by atoms with E-state index in [1.54, 1.807) is 7.05 Å². The van der Waals surface area contributed by atoms with Gasteiger partial charge in [0, 0.05) is 32.7 Å². The van der Waals surface area contributed by atoms with Gasteiger partial charge in [0.2, 0.25) is 5.91 Å². The minimum atomic E-state index is -0.260. The first-order valence-electron chi connectivity index (χ1n) is 9.09. The van der Waals surface area contributed by atoms with Gasteiger partial charge in [0.15, 0.2) is 5.96 Å². The van der Waals surface area contributed by atoms with Gasteiger partial charge in [0.05, 0.1) is 6.54 Å². The third kappa shape index (κ3) is 4.95. The van der Waals surface area contributed by atoms with Crippen molar-refractivity contribution in [3.8, 4) is 0 Å². The lowest BCUT2D eigenvalue weighted by Gasteiger charge is -2.32. The van der Waals surface area contributed by atoms with Gasteiger partial charge in [-0.3, -0.25) is 14.7 Å². The number of likely N-dealkylation sites (tertiary alicyclic amines) is 1. The number of fused-ring (bicyclic) bond motifs is 1. The van der Waals surface area contributed by atoms with E-state index in [9.17, 15) is 4.79 Å². The Kier molecular flexibility index (Phi) is 6.07. The summed E-state index contributed by atoms with van der Waals surface area (Å²) in [5.74, 6) is 0.552. The van der Waals surface area contributed by atoms with Crippen molar-refractivity contribution < 1.29 is 4.79 Å². The monoisotopic (exact) mass is 353 g/mol. The van der Waals surface area contributed by atoms with E-state index in [0.29, 0.717) is 12.6 Å². The number of nitrogens with one attached hydrogen (secondary N) is 2. The Bertz CT molecular complexity index is 781. The Morgan fingerprint density at radius 3 is 2.62 bits per heavy atom. The van der Waals surface area contributed by atoms with E-state index >= 15 is 0 Å². The average Bonchev–Trinajstić information content (AvgIpc) is 2.66. The van der Waals surface area contributed by atoms with Crippen molar-refractivity contribution >= 4 is 22.6 Å². The largest absolute Gasteiger partial charge is 0.369 e. The van der Waals surface area contributed by atoms with Gasteiger partial charge < -0.3 is 16.4 Å². The van der Waals surface area contributed by atoms with E-state index < -0.39 is 0 Å². The number of benzene rings is 2. The summed E-state index contributed by atoms with van der Waals surface area (Å²) < 4.78 is 0. The van der Waals surface area contributed by atoms with Crippen LogP contribution in [-0.2, 0) is 11.3 Å². The SMILES string of the molecule is CN=C(NCc1ccc2ccccc2c1)NC1CCN(CC(N)=O)CC1. The smallest absolute Gasteiger partial charge is 0.231 e. The average molecular weight is 353 g/mol. The molecule has 1 fully saturated rings. The van der Waals surface area contributed by atoms with Gasteiger partial charge in [-0.05, 0) is 35.2 Å². The van der Waals surface area contributed by atoms with Crippen molar-refractivity contribution in [1.82, 2.24) is 15.5 Å². The Morgan fingerprint density at radius 1 is 1.19 bits per heavy atom. The molecule has 1 heterocycles. The van der Waals surface area contributed by atoms with Gasteiger partial charge in [-0.15, -0.1) is 0 Å². The van der Waals surface area contributed by atoms with Crippen LogP contribution in [0.1, 0.15) is 18.4 Å². The van der Waals surface area contributed by atoms with Crippen LogP contribution in [0.5, 0.6) is 0 Å². The molecular weight excluding hydrogens is 326 g/mol. The maximum absolute atomic E-state index is 11.0. The van der Waals surface area contributed by atoms with Crippen LogP contribution in [0.15, 0.2) is 47.5 Å². The summed E-state index contributed by atoms with van der Waals surface area (Å²) in [7, 11) is 1.79. The molecule has 6 heteroatoms. The number of piperidine rings is 1. The number of carbonyl (C=O) groups excluding carboxylic acids is 1. The topological polar surface area (TPSA) is 82.8 Å². The van der Waals surface area contributed by atoms with Crippen molar-refractivity contribution in [3.63, 3.8) is 0 Å². The summed E-state index contributed by atoms with van der Waals surface area (Å²) in [6, 6.07) is 15.2. The van der Waals surface area contributed by atoms with Gasteiger partial charge in [-0.1, -0.05) is 36.4 Å². The zero-order valence-electron chi connectivity index (χ0n) is 15.2. The number of rotatable bonds is 5. The van der Waals surface area contributed by atoms with E-state index in [4.69, 9.17) is 5.73 Å². The molecule has 0 radical (unpaired) electrons. The van der Waals surface area contributed by atoms with Crippen molar-refractivity contribution in [1.29, 1.82) is 0 Å². The maximum atomic E-state index is 11.0. The molecule has 138 valence electrons. The number of aliphatic imine (C=N–C) groups is 1. The van der Waals surface area contributed by atoms with Gasteiger partial charge in [-0.2, -0.15) is 0 Å². The zero-order valence-corrected chi connectivity index (χ0v) is 15.2. The van der Waals surface area contributed by atoms with E-state index in [1.165, 1.54) is 16.3 Å². The first-order valence-corrected chi connectivity index (χ1v) is 9.09. The Hall–Kier alpha value is -2.60. The van der Waals surface area contributed by atoms with Crippen LogP contribution < -0.4 is 16.4 Å². The Balaban J connectivity index is 1.49. The van der Waals surface area contributed by atoms with E-state index in [2.05, 4.69) is 63.0 Å². The lowest BCUT2D eigenvalue weighted by Crippen LogP contribution is -2.49. The molecule has 26 heavy (non-hydrogen) atoms. The molecule has 0 aliphatic carbocycles. The van der Waals surface area contributed by atoms with E-state index in [1.807, 2.05) is 0 Å². The summed E-state index contributed by atoms with van der Waals surface area (Å²) in [6.07, 6.45) is 1.95. The normalized spacial score (nSPS) is 16.6. The molecule has 0 saturated carbocycles. The molecule has 4 N–H and O–H groups in total. The van der Waals surface area contributed by atoms with E-state index in [0.717, 1.165) is 38.4 Å². The molecule has 1 aliphatic rings. The van der Waals surface area contributed by atoms with Crippen LogP contribution in [0.4, 0.5) is 0 Å². The molecule has 0 unspecified atom stereocenters. The molecule has 2 aromatic rings. The summed E-state index contributed by atoms with van der Waals surface area (Å²) in [5, 5.41) is 9.37. The minimum Gasteiger partial charge on any atom is -0.369 e. The fourth-order valence-corrected chi connectivity index (χ4v) is 3.38. The number of amides is 1. The highest BCUT2D eigenvalue weighted by Gasteiger charge is 2.20. The molecule has 1 amide bonds. The fraction of sp³-hybridized carbons (Fsp3) is 0.400. The first kappa shape index (κ1) is 18.2. The molecule has 6 nitrogen and oxygen atoms in total. The van der Waals surface area contributed by atoms with E-state index in [-0.39, 0.29) is 5.91 Å². The van der Waals surface area contributed by atoms with Gasteiger partial charge >= 0.3 is 0 Å². The van der Waals surface area contributed by atoms with Crippen molar-refractivity contribution in [2.24, 2.45) is 10.7 Å². The van der Waals surface area contributed by atoms with Crippen LogP contribution in [0.25, 0.3) is 10.8 Å². The molecule has 0 bridgehead atoms. The number of hydrogen-bond donors (Lipinski definition) is 3.